The lowest BCUT2D eigenvalue weighted by Crippen LogP contribution is -2.16. The molecule has 0 bridgehead atoms. The van der Waals surface area contributed by atoms with Crippen molar-refractivity contribution in [1.29, 1.82) is 0 Å². The van der Waals surface area contributed by atoms with Crippen molar-refractivity contribution in [3.8, 4) is 28.6 Å². The van der Waals surface area contributed by atoms with Crippen molar-refractivity contribution in [3.63, 3.8) is 0 Å². The predicted octanol–water partition coefficient (Wildman–Crippen LogP) is 2.56. The standard InChI is InChI=1S/C21H18O11S/c22-14-11-12(9-10-16(14)32-33(27,28)29)20-21(31-18(25)8-4-3-7-17(23)24)19(26)13-5-1-2-6-15(13)30-20/h1-2,5-6,9-11,22H,3-4,7-8H2,(H,23,24)(H,27,28,29)/p-1. The summed E-state index contributed by atoms with van der Waals surface area (Å²) in [6, 6.07) is 9.28. The summed E-state index contributed by atoms with van der Waals surface area (Å²) in [7, 11) is -5.14. The zero-order valence-corrected chi connectivity index (χ0v) is 17.7. The number of aromatic hydroxyl groups is 1. The molecule has 0 aliphatic heterocycles. The number of aliphatic carboxylic acids is 1. The Labute approximate surface area is 186 Å². The van der Waals surface area contributed by atoms with Crippen LogP contribution in [0.4, 0.5) is 0 Å². The Bertz CT molecular complexity index is 1370. The maximum Gasteiger partial charge on any atom is 0.311 e. The lowest BCUT2D eigenvalue weighted by Gasteiger charge is -2.13. The monoisotopic (exact) mass is 477 g/mol. The molecule has 0 atom stereocenters. The van der Waals surface area contributed by atoms with Gasteiger partial charge in [-0.3, -0.25) is 14.4 Å². The Hall–Kier alpha value is -3.90. The highest BCUT2D eigenvalue weighted by Crippen LogP contribution is 2.36. The van der Waals surface area contributed by atoms with E-state index in [0.29, 0.717) is 0 Å². The third-order valence-electron chi connectivity index (χ3n) is 4.41. The fourth-order valence-corrected chi connectivity index (χ4v) is 3.32. The molecule has 12 heteroatoms. The Kier molecular flexibility index (Phi) is 6.99. The fraction of sp³-hybridized carbons (Fsp3) is 0.190. The van der Waals surface area contributed by atoms with Crippen LogP contribution in [-0.2, 0) is 20.0 Å². The van der Waals surface area contributed by atoms with Gasteiger partial charge >= 0.3 is 11.9 Å². The molecule has 0 unspecified atom stereocenters. The number of hydrogen-bond donors (Lipinski definition) is 2. The number of carbonyl (C=O) groups is 2. The Morgan fingerprint density at radius 3 is 2.42 bits per heavy atom. The Morgan fingerprint density at radius 1 is 1.06 bits per heavy atom. The first kappa shape index (κ1) is 23.8. The first-order chi connectivity index (χ1) is 15.5. The number of esters is 1. The van der Waals surface area contributed by atoms with Gasteiger partial charge in [0.25, 0.3) is 10.4 Å². The third-order valence-corrected chi connectivity index (χ3v) is 4.79. The van der Waals surface area contributed by atoms with E-state index in [1.807, 2.05) is 0 Å². The van der Waals surface area contributed by atoms with E-state index in [9.17, 15) is 32.5 Å². The van der Waals surface area contributed by atoms with Gasteiger partial charge in [-0.15, -0.1) is 0 Å². The van der Waals surface area contributed by atoms with E-state index < -0.39 is 45.0 Å². The predicted molar refractivity (Wildman–Crippen MR) is 112 cm³/mol. The number of unbranched alkanes of at least 4 members (excludes halogenated alkanes) is 1. The number of benzene rings is 2. The number of phenols is 1. The van der Waals surface area contributed by atoms with Gasteiger partial charge in [-0.05, 0) is 43.2 Å². The van der Waals surface area contributed by atoms with Crippen LogP contribution in [0.2, 0.25) is 0 Å². The van der Waals surface area contributed by atoms with Crippen LogP contribution in [0.25, 0.3) is 22.3 Å². The number of phenolic OH excluding ortho intramolecular Hbond substituents is 1. The van der Waals surface area contributed by atoms with Crippen LogP contribution in [0.15, 0.2) is 51.7 Å². The summed E-state index contributed by atoms with van der Waals surface area (Å²) in [6.07, 6.45) is 0.180. The van der Waals surface area contributed by atoms with Crippen LogP contribution in [0.1, 0.15) is 25.7 Å². The Balaban J connectivity index is 2.00. The summed E-state index contributed by atoms with van der Waals surface area (Å²) in [5.41, 5.74) is -0.493. The van der Waals surface area contributed by atoms with Crippen LogP contribution < -0.4 is 14.3 Å². The molecular weight excluding hydrogens is 460 g/mol. The highest BCUT2D eigenvalue weighted by Gasteiger charge is 2.21. The zero-order valence-electron chi connectivity index (χ0n) is 16.8. The second-order valence-corrected chi connectivity index (χ2v) is 7.82. The van der Waals surface area contributed by atoms with Gasteiger partial charge < -0.3 is 28.1 Å². The summed E-state index contributed by atoms with van der Waals surface area (Å²) >= 11 is 0. The highest BCUT2D eigenvalue weighted by atomic mass is 32.3. The van der Waals surface area contributed by atoms with Gasteiger partial charge in [-0.2, -0.15) is 0 Å². The summed E-state index contributed by atoms with van der Waals surface area (Å²) in [4.78, 5) is 35.9. The minimum atomic E-state index is -5.14. The molecule has 11 nitrogen and oxygen atoms in total. The van der Waals surface area contributed by atoms with Gasteiger partial charge in [0.05, 0.1) is 5.39 Å². The fourth-order valence-electron chi connectivity index (χ4n) is 2.96. The molecule has 0 saturated heterocycles. The lowest BCUT2D eigenvalue weighted by atomic mass is 10.1. The Morgan fingerprint density at radius 2 is 1.76 bits per heavy atom. The molecule has 0 amide bonds. The van der Waals surface area contributed by atoms with Crippen molar-refractivity contribution in [3.05, 3.63) is 52.7 Å². The number of ether oxygens (including phenoxy) is 1. The molecule has 2 N–H and O–H groups in total. The summed E-state index contributed by atoms with van der Waals surface area (Å²) < 4.78 is 47.4. The molecule has 0 fully saturated rings. The second-order valence-electron chi connectivity index (χ2n) is 6.83. The van der Waals surface area contributed by atoms with Gasteiger partial charge in [0, 0.05) is 18.4 Å². The molecule has 0 aliphatic carbocycles. The third kappa shape index (κ3) is 6.08. The van der Waals surface area contributed by atoms with Gasteiger partial charge in [0.2, 0.25) is 11.2 Å². The van der Waals surface area contributed by atoms with Crippen molar-refractivity contribution >= 4 is 33.3 Å². The van der Waals surface area contributed by atoms with Crippen molar-refractivity contribution < 1.29 is 46.1 Å². The van der Waals surface area contributed by atoms with E-state index in [1.165, 1.54) is 18.2 Å². The maximum atomic E-state index is 13.0. The average Bonchev–Trinajstić information content (AvgIpc) is 2.73. The quantitative estimate of drug-likeness (QED) is 0.200. The molecule has 3 rings (SSSR count). The average molecular weight is 477 g/mol. The van der Waals surface area contributed by atoms with Crippen molar-refractivity contribution in [2.24, 2.45) is 0 Å². The summed E-state index contributed by atoms with van der Waals surface area (Å²) in [5.74, 6) is -3.89. The SMILES string of the molecule is O=C(O)CCCCC(=O)Oc1c(-c2ccc(OS(=O)(=O)[O-])c(O)c2)oc2ccccc2c1=O. The number of carboxylic acid groups (broad SMARTS) is 1. The smallest absolute Gasteiger partial charge is 0.311 e. The van der Waals surface area contributed by atoms with Crippen LogP contribution in [0.5, 0.6) is 17.2 Å². The molecule has 3 aromatic rings. The van der Waals surface area contributed by atoms with E-state index in [-0.39, 0.29) is 48.0 Å². The molecule has 0 aliphatic rings. The molecule has 174 valence electrons. The van der Waals surface area contributed by atoms with Crippen LogP contribution >= 0.6 is 0 Å². The number of fused-ring (bicyclic) bond motifs is 1. The molecule has 0 saturated carbocycles. The van der Waals surface area contributed by atoms with E-state index in [1.54, 1.807) is 12.1 Å². The molecular formula is C21H17O11S-. The first-order valence-electron chi connectivity index (χ1n) is 9.52. The zero-order chi connectivity index (χ0) is 24.2. The van der Waals surface area contributed by atoms with Gasteiger partial charge in [0.15, 0.2) is 17.3 Å². The van der Waals surface area contributed by atoms with Crippen LogP contribution in [0, 0.1) is 0 Å². The molecule has 2 aromatic carbocycles. The molecule has 1 aromatic heterocycles. The van der Waals surface area contributed by atoms with Gasteiger partial charge in [-0.25, -0.2) is 8.42 Å². The maximum absolute atomic E-state index is 13.0. The molecule has 0 spiro atoms. The molecule has 33 heavy (non-hydrogen) atoms. The first-order valence-corrected chi connectivity index (χ1v) is 10.9. The van der Waals surface area contributed by atoms with Gasteiger partial charge in [0.1, 0.15) is 5.58 Å². The van der Waals surface area contributed by atoms with Gasteiger partial charge in [-0.1, -0.05) is 12.1 Å². The summed E-state index contributed by atoms with van der Waals surface area (Å²) in [6.45, 7) is 0. The highest BCUT2D eigenvalue weighted by molar-refractivity contribution is 7.81. The number of carboxylic acids is 1. The summed E-state index contributed by atoms with van der Waals surface area (Å²) in [5, 5.41) is 18.8. The number of rotatable bonds is 9. The van der Waals surface area contributed by atoms with Crippen molar-refractivity contribution in [1.82, 2.24) is 0 Å². The number of para-hydroxylation sites is 1. The van der Waals surface area contributed by atoms with E-state index in [0.717, 1.165) is 12.1 Å². The topological polar surface area (TPSA) is 180 Å². The van der Waals surface area contributed by atoms with Crippen LogP contribution in [0.3, 0.4) is 0 Å². The number of hydrogen-bond acceptors (Lipinski definition) is 10. The van der Waals surface area contributed by atoms with E-state index in [4.69, 9.17) is 14.3 Å². The lowest BCUT2D eigenvalue weighted by molar-refractivity contribution is -0.138. The second kappa shape index (κ2) is 9.71. The minimum Gasteiger partial charge on any atom is -0.716 e. The minimum absolute atomic E-state index is 0.0275. The van der Waals surface area contributed by atoms with Crippen molar-refractivity contribution in [2.45, 2.75) is 25.7 Å². The van der Waals surface area contributed by atoms with E-state index >= 15 is 0 Å². The van der Waals surface area contributed by atoms with Crippen molar-refractivity contribution in [2.75, 3.05) is 0 Å². The normalized spacial score (nSPS) is 11.3. The molecule has 1 heterocycles. The van der Waals surface area contributed by atoms with E-state index in [2.05, 4.69) is 4.18 Å². The largest absolute Gasteiger partial charge is 0.716 e. The molecule has 0 radical (unpaired) electrons. The number of carbonyl (C=O) groups excluding carboxylic acids is 1. The van der Waals surface area contributed by atoms with Crippen LogP contribution in [-0.4, -0.2) is 35.1 Å².